The lowest BCUT2D eigenvalue weighted by atomic mass is 10.3. The SMILES string of the molecule is CC(=O)N(c1ccccc1)c1nc(/C=N\NC(=O)c2ccccn2)cs1. The number of anilines is 2. The topological polar surface area (TPSA) is 87.5 Å². The van der Waals surface area contributed by atoms with Crippen molar-refractivity contribution in [2.75, 3.05) is 4.90 Å². The summed E-state index contributed by atoms with van der Waals surface area (Å²) in [5, 5.41) is 6.17. The Morgan fingerprint density at radius 2 is 1.92 bits per heavy atom. The van der Waals surface area contributed by atoms with Crippen LogP contribution < -0.4 is 10.3 Å². The van der Waals surface area contributed by atoms with E-state index in [4.69, 9.17) is 0 Å². The van der Waals surface area contributed by atoms with Crippen molar-refractivity contribution < 1.29 is 9.59 Å². The first-order chi connectivity index (χ1) is 12.6. The van der Waals surface area contributed by atoms with Gasteiger partial charge in [0.2, 0.25) is 5.91 Å². The number of benzene rings is 1. The van der Waals surface area contributed by atoms with Gasteiger partial charge in [-0.3, -0.25) is 19.5 Å². The summed E-state index contributed by atoms with van der Waals surface area (Å²) in [5.74, 6) is -0.551. The zero-order valence-corrected chi connectivity index (χ0v) is 14.7. The number of rotatable bonds is 5. The van der Waals surface area contributed by atoms with Gasteiger partial charge in [-0.05, 0) is 24.3 Å². The van der Waals surface area contributed by atoms with Crippen molar-refractivity contribution in [1.82, 2.24) is 15.4 Å². The molecule has 2 aromatic heterocycles. The van der Waals surface area contributed by atoms with Crippen LogP contribution in [0, 0.1) is 0 Å². The van der Waals surface area contributed by atoms with E-state index in [1.165, 1.54) is 35.6 Å². The maximum absolute atomic E-state index is 12.0. The Morgan fingerprint density at radius 1 is 1.15 bits per heavy atom. The van der Waals surface area contributed by atoms with Gasteiger partial charge in [0.05, 0.1) is 17.6 Å². The van der Waals surface area contributed by atoms with Gasteiger partial charge in [-0.1, -0.05) is 24.3 Å². The second-order valence-corrected chi connectivity index (χ2v) is 6.00. The monoisotopic (exact) mass is 365 g/mol. The van der Waals surface area contributed by atoms with Crippen LogP contribution in [0.15, 0.2) is 65.2 Å². The fourth-order valence-electron chi connectivity index (χ4n) is 2.15. The summed E-state index contributed by atoms with van der Waals surface area (Å²) in [6, 6.07) is 14.3. The minimum Gasteiger partial charge on any atom is -0.274 e. The highest BCUT2D eigenvalue weighted by Gasteiger charge is 2.17. The first-order valence-corrected chi connectivity index (χ1v) is 8.59. The number of thiazole rings is 1. The van der Waals surface area contributed by atoms with E-state index >= 15 is 0 Å². The standard InChI is InChI=1S/C18H15N5O2S/c1-13(24)23(15-7-3-2-4-8-15)18-21-14(12-26-18)11-20-22-17(25)16-9-5-6-10-19-16/h2-12H,1H3,(H,22,25)/b20-11-. The second kappa shape index (κ2) is 8.13. The quantitative estimate of drug-likeness (QED) is 0.556. The van der Waals surface area contributed by atoms with Gasteiger partial charge in [0.25, 0.3) is 5.91 Å². The molecule has 0 saturated heterocycles. The molecule has 0 fully saturated rings. The molecule has 7 nitrogen and oxygen atoms in total. The lowest BCUT2D eigenvalue weighted by Gasteiger charge is -2.17. The van der Waals surface area contributed by atoms with Crippen LogP contribution in [0.2, 0.25) is 0 Å². The number of hydrogen-bond donors (Lipinski definition) is 1. The van der Waals surface area contributed by atoms with E-state index in [1.54, 1.807) is 23.6 Å². The molecule has 130 valence electrons. The summed E-state index contributed by atoms with van der Waals surface area (Å²) in [6.45, 7) is 1.48. The summed E-state index contributed by atoms with van der Waals surface area (Å²) in [5.41, 5.74) is 3.94. The molecular formula is C18H15N5O2S. The number of nitrogens with zero attached hydrogens (tertiary/aromatic N) is 4. The fourth-order valence-corrected chi connectivity index (χ4v) is 2.99. The number of aromatic nitrogens is 2. The zero-order chi connectivity index (χ0) is 18.4. The Bertz CT molecular complexity index is 925. The molecule has 3 aromatic rings. The predicted molar refractivity (Wildman–Crippen MR) is 101 cm³/mol. The van der Waals surface area contributed by atoms with Crippen molar-refractivity contribution >= 4 is 40.2 Å². The molecule has 1 aromatic carbocycles. The zero-order valence-electron chi connectivity index (χ0n) is 13.9. The van der Waals surface area contributed by atoms with Crippen LogP contribution in [0.3, 0.4) is 0 Å². The van der Waals surface area contributed by atoms with Crippen LogP contribution in [0.1, 0.15) is 23.1 Å². The second-order valence-electron chi connectivity index (χ2n) is 5.16. The first kappa shape index (κ1) is 17.4. The Morgan fingerprint density at radius 3 is 2.62 bits per heavy atom. The lowest BCUT2D eigenvalue weighted by Crippen LogP contribution is -2.22. The Hall–Kier alpha value is -3.39. The maximum Gasteiger partial charge on any atom is 0.289 e. The van der Waals surface area contributed by atoms with Crippen molar-refractivity contribution in [2.24, 2.45) is 5.10 Å². The van der Waals surface area contributed by atoms with Crippen LogP contribution in [0.25, 0.3) is 0 Å². The average Bonchev–Trinajstić information content (AvgIpc) is 3.11. The van der Waals surface area contributed by atoms with Crippen LogP contribution in [-0.4, -0.2) is 28.0 Å². The number of carbonyl (C=O) groups excluding carboxylic acids is 2. The molecule has 2 heterocycles. The van der Waals surface area contributed by atoms with Gasteiger partial charge in [0.15, 0.2) is 5.13 Å². The summed E-state index contributed by atoms with van der Waals surface area (Å²) in [7, 11) is 0. The minimum absolute atomic E-state index is 0.141. The van der Waals surface area contributed by atoms with E-state index in [1.807, 2.05) is 30.3 Å². The lowest BCUT2D eigenvalue weighted by molar-refractivity contribution is -0.115. The van der Waals surface area contributed by atoms with E-state index in [0.717, 1.165) is 5.69 Å². The van der Waals surface area contributed by atoms with Crippen molar-refractivity contribution in [3.63, 3.8) is 0 Å². The molecule has 26 heavy (non-hydrogen) atoms. The van der Waals surface area contributed by atoms with Gasteiger partial charge in [0, 0.05) is 18.5 Å². The fraction of sp³-hybridized carbons (Fsp3) is 0.0556. The third-order valence-corrected chi connectivity index (χ3v) is 4.13. The van der Waals surface area contributed by atoms with Crippen LogP contribution in [-0.2, 0) is 4.79 Å². The van der Waals surface area contributed by atoms with E-state index in [2.05, 4.69) is 20.5 Å². The largest absolute Gasteiger partial charge is 0.289 e. The summed E-state index contributed by atoms with van der Waals surface area (Å²) < 4.78 is 0. The van der Waals surface area contributed by atoms with Crippen molar-refractivity contribution in [2.45, 2.75) is 6.92 Å². The molecule has 8 heteroatoms. The van der Waals surface area contributed by atoms with Gasteiger partial charge in [-0.2, -0.15) is 5.10 Å². The van der Waals surface area contributed by atoms with Crippen LogP contribution >= 0.6 is 11.3 Å². The summed E-state index contributed by atoms with van der Waals surface area (Å²) >= 11 is 1.31. The first-order valence-electron chi connectivity index (χ1n) is 7.71. The number of hydrazone groups is 1. The molecular weight excluding hydrogens is 350 g/mol. The van der Waals surface area contributed by atoms with Crippen LogP contribution in [0.5, 0.6) is 0 Å². The summed E-state index contributed by atoms with van der Waals surface area (Å²) in [4.78, 5) is 33.7. The third-order valence-electron chi connectivity index (χ3n) is 3.29. The highest BCUT2D eigenvalue weighted by atomic mass is 32.1. The smallest absolute Gasteiger partial charge is 0.274 e. The highest BCUT2D eigenvalue weighted by molar-refractivity contribution is 7.14. The molecule has 0 aliphatic heterocycles. The number of pyridine rings is 1. The van der Waals surface area contributed by atoms with E-state index < -0.39 is 5.91 Å². The van der Waals surface area contributed by atoms with Gasteiger partial charge in [-0.25, -0.2) is 10.4 Å². The molecule has 2 amide bonds. The summed E-state index contributed by atoms with van der Waals surface area (Å²) in [6.07, 6.45) is 2.95. The van der Waals surface area contributed by atoms with Gasteiger partial charge < -0.3 is 0 Å². The third kappa shape index (κ3) is 4.17. The van der Waals surface area contributed by atoms with Gasteiger partial charge in [-0.15, -0.1) is 11.3 Å². The maximum atomic E-state index is 12.0. The van der Waals surface area contributed by atoms with Gasteiger partial charge in [0.1, 0.15) is 5.69 Å². The molecule has 0 radical (unpaired) electrons. The van der Waals surface area contributed by atoms with E-state index in [9.17, 15) is 9.59 Å². The molecule has 0 spiro atoms. The molecule has 0 saturated carbocycles. The molecule has 1 N–H and O–H groups in total. The van der Waals surface area contributed by atoms with Crippen molar-refractivity contribution in [3.05, 3.63) is 71.5 Å². The predicted octanol–water partition coefficient (Wildman–Crippen LogP) is 2.99. The van der Waals surface area contributed by atoms with Crippen molar-refractivity contribution in [1.29, 1.82) is 0 Å². The van der Waals surface area contributed by atoms with Crippen LogP contribution in [0.4, 0.5) is 10.8 Å². The molecule has 0 bridgehead atoms. The number of para-hydroxylation sites is 1. The molecule has 0 atom stereocenters. The molecule has 0 aliphatic carbocycles. The molecule has 0 aliphatic rings. The Kier molecular flexibility index (Phi) is 5.45. The molecule has 0 unspecified atom stereocenters. The van der Waals surface area contributed by atoms with E-state index in [-0.39, 0.29) is 11.6 Å². The number of carbonyl (C=O) groups is 2. The number of nitrogens with one attached hydrogen (secondary N) is 1. The number of hydrogen-bond acceptors (Lipinski definition) is 6. The average molecular weight is 365 g/mol. The normalized spacial score (nSPS) is 10.7. The van der Waals surface area contributed by atoms with Crippen molar-refractivity contribution in [3.8, 4) is 0 Å². The Labute approximate surface area is 154 Å². The van der Waals surface area contributed by atoms with E-state index in [0.29, 0.717) is 10.8 Å². The minimum atomic E-state index is -0.410. The van der Waals surface area contributed by atoms with Gasteiger partial charge >= 0.3 is 0 Å². The molecule has 3 rings (SSSR count). The Balaban J connectivity index is 1.71. The highest BCUT2D eigenvalue weighted by Crippen LogP contribution is 2.28. The number of amides is 2.